The third-order valence-electron chi connectivity index (χ3n) is 3.28. The van der Waals surface area contributed by atoms with E-state index in [0.29, 0.717) is 10.4 Å². The molecule has 1 aliphatic carbocycles. The average molecular weight is 310 g/mol. The van der Waals surface area contributed by atoms with Crippen molar-refractivity contribution in [1.82, 2.24) is 9.78 Å². The Kier molecular flexibility index (Phi) is 4.57. The molecule has 0 atom stereocenters. The van der Waals surface area contributed by atoms with Crippen LogP contribution in [-0.2, 0) is 6.54 Å². The number of nitrogens with zero attached hydrogens (tertiary/aromatic N) is 2. The Morgan fingerprint density at radius 2 is 2.00 bits per heavy atom. The maximum absolute atomic E-state index is 12.3. The van der Waals surface area contributed by atoms with Gasteiger partial charge in [-0.05, 0) is 12.8 Å². The first-order valence-electron chi connectivity index (χ1n) is 6.46. The smallest absolute Gasteiger partial charge is 0.380 e. The predicted molar refractivity (Wildman–Crippen MR) is 70.1 cm³/mol. The minimum atomic E-state index is -4.50. The molecule has 0 aromatic carbocycles. The molecule has 1 aliphatic rings. The van der Waals surface area contributed by atoms with E-state index in [1.165, 1.54) is 12.6 Å². The van der Waals surface area contributed by atoms with Crippen LogP contribution in [0.4, 0.5) is 18.9 Å². The number of halogens is 4. The van der Waals surface area contributed by atoms with E-state index in [-0.39, 0.29) is 11.1 Å². The average Bonchev–Trinajstić information content (AvgIpc) is 2.38. The number of aromatic nitrogens is 2. The van der Waals surface area contributed by atoms with Crippen molar-refractivity contribution in [2.45, 2.75) is 50.9 Å². The summed E-state index contributed by atoms with van der Waals surface area (Å²) in [4.78, 5) is 11.7. The number of anilines is 1. The van der Waals surface area contributed by atoms with Gasteiger partial charge in [0.25, 0.3) is 5.56 Å². The molecular formula is C12H15ClF3N3O. The molecule has 20 heavy (non-hydrogen) atoms. The van der Waals surface area contributed by atoms with Crippen LogP contribution < -0.4 is 10.9 Å². The molecule has 0 bridgehead atoms. The van der Waals surface area contributed by atoms with Crippen molar-refractivity contribution in [2.24, 2.45) is 0 Å². The Balaban J connectivity index is 2.15. The maximum Gasteiger partial charge on any atom is 0.408 e. The third kappa shape index (κ3) is 3.88. The molecule has 4 nitrogen and oxygen atoms in total. The second-order valence-corrected chi connectivity index (χ2v) is 5.31. The molecule has 1 aromatic rings. The molecule has 1 saturated carbocycles. The number of hydrogen-bond acceptors (Lipinski definition) is 3. The van der Waals surface area contributed by atoms with Crippen molar-refractivity contribution in [3.63, 3.8) is 0 Å². The van der Waals surface area contributed by atoms with Crippen LogP contribution in [0, 0.1) is 0 Å². The highest BCUT2D eigenvalue weighted by Gasteiger charge is 2.30. The van der Waals surface area contributed by atoms with Crippen LogP contribution in [0.3, 0.4) is 0 Å². The zero-order valence-electron chi connectivity index (χ0n) is 10.7. The van der Waals surface area contributed by atoms with Gasteiger partial charge < -0.3 is 5.32 Å². The fraction of sp³-hybridized carbons (Fsp3) is 0.667. The predicted octanol–water partition coefficient (Wildman–Crippen LogP) is 3.20. The normalized spacial score (nSPS) is 17.2. The van der Waals surface area contributed by atoms with Crippen molar-refractivity contribution >= 4 is 17.3 Å². The van der Waals surface area contributed by atoms with Crippen molar-refractivity contribution < 1.29 is 13.2 Å². The van der Waals surface area contributed by atoms with Gasteiger partial charge >= 0.3 is 6.18 Å². The molecule has 0 saturated heterocycles. The Morgan fingerprint density at radius 1 is 1.35 bits per heavy atom. The van der Waals surface area contributed by atoms with Gasteiger partial charge in [0, 0.05) is 6.04 Å². The van der Waals surface area contributed by atoms with Gasteiger partial charge in [0.1, 0.15) is 11.6 Å². The van der Waals surface area contributed by atoms with Crippen molar-refractivity contribution in [3.05, 3.63) is 21.6 Å². The van der Waals surface area contributed by atoms with Gasteiger partial charge in [0.15, 0.2) is 0 Å². The summed E-state index contributed by atoms with van der Waals surface area (Å²) in [6.07, 6.45) is 1.96. The summed E-state index contributed by atoms with van der Waals surface area (Å²) >= 11 is 5.84. The summed E-state index contributed by atoms with van der Waals surface area (Å²) in [6, 6.07) is 0.195. The van der Waals surface area contributed by atoms with Gasteiger partial charge in [-0.15, -0.1) is 0 Å². The van der Waals surface area contributed by atoms with Crippen LogP contribution in [-0.4, -0.2) is 22.0 Å². The number of nitrogens with one attached hydrogen (secondary N) is 1. The second-order valence-electron chi connectivity index (χ2n) is 4.93. The minimum Gasteiger partial charge on any atom is -0.380 e. The van der Waals surface area contributed by atoms with Gasteiger partial charge in [-0.25, -0.2) is 4.68 Å². The fourth-order valence-electron chi connectivity index (χ4n) is 2.31. The summed E-state index contributed by atoms with van der Waals surface area (Å²) in [5, 5.41) is 6.38. The second kappa shape index (κ2) is 6.03. The zero-order valence-corrected chi connectivity index (χ0v) is 11.5. The molecule has 2 rings (SSSR count). The molecule has 0 radical (unpaired) electrons. The SMILES string of the molecule is O=c1c(Cl)c(NC2CCCCC2)cnn1CC(F)(F)F. The lowest BCUT2D eigenvalue weighted by molar-refractivity contribution is -0.143. The molecule has 1 aromatic heterocycles. The number of rotatable bonds is 3. The molecule has 0 spiro atoms. The molecule has 112 valence electrons. The first-order chi connectivity index (χ1) is 9.37. The van der Waals surface area contributed by atoms with E-state index < -0.39 is 18.3 Å². The topological polar surface area (TPSA) is 46.9 Å². The van der Waals surface area contributed by atoms with Crippen molar-refractivity contribution in [3.8, 4) is 0 Å². The van der Waals surface area contributed by atoms with Crippen molar-refractivity contribution in [1.29, 1.82) is 0 Å². The third-order valence-corrected chi connectivity index (χ3v) is 3.64. The van der Waals surface area contributed by atoms with Gasteiger partial charge in [-0.3, -0.25) is 4.79 Å². The Bertz CT molecular complexity index is 524. The summed E-state index contributed by atoms with van der Waals surface area (Å²) in [5.41, 5.74) is -0.619. The van der Waals surface area contributed by atoms with Crippen molar-refractivity contribution in [2.75, 3.05) is 5.32 Å². The van der Waals surface area contributed by atoms with Gasteiger partial charge in [-0.2, -0.15) is 18.3 Å². The molecule has 0 amide bonds. The van der Waals surface area contributed by atoms with E-state index >= 15 is 0 Å². The maximum atomic E-state index is 12.3. The zero-order chi connectivity index (χ0) is 14.8. The molecule has 8 heteroatoms. The Hall–Kier alpha value is -1.24. The van der Waals surface area contributed by atoms with Crippen LogP contribution in [0.15, 0.2) is 11.0 Å². The van der Waals surface area contributed by atoms with E-state index in [1.54, 1.807) is 0 Å². The minimum absolute atomic E-state index is 0.195. The van der Waals surface area contributed by atoms with E-state index in [9.17, 15) is 18.0 Å². The fourth-order valence-corrected chi connectivity index (χ4v) is 2.52. The molecule has 1 heterocycles. The summed E-state index contributed by atoms with van der Waals surface area (Å²) in [5.74, 6) is 0. The van der Waals surface area contributed by atoms with Crippen LogP contribution in [0.25, 0.3) is 0 Å². The molecule has 1 fully saturated rings. The van der Waals surface area contributed by atoms with Crippen LogP contribution in [0.2, 0.25) is 5.02 Å². The lowest BCUT2D eigenvalue weighted by Gasteiger charge is -2.24. The van der Waals surface area contributed by atoms with Gasteiger partial charge in [0.05, 0.1) is 11.9 Å². The molecule has 1 N–H and O–H groups in total. The van der Waals surface area contributed by atoms with Crippen LogP contribution in [0.1, 0.15) is 32.1 Å². The first kappa shape index (κ1) is 15.2. The molecule has 0 aliphatic heterocycles. The largest absolute Gasteiger partial charge is 0.408 e. The lowest BCUT2D eigenvalue weighted by atomic mass is 9.95. The summed E-state index contributed by atoms with van der Waals surface area (Å²) in [7, 11) is 0. The molecule has 0 unspecified atom stereocenters. The standard InChI is InChI=1S/C12H15ClF3N3O/c13-10-9(18-8-4-2-1-3-5-8)6-17-19(11(10)20)7-12(14,15)16/h6,8,18H,1-5,7H2. The van der Waals surface area contributed by atoms with Gasteiger partial charge in [-0.1, -0.05) is 30.9 Å². The quantitative estimate of drug-likeness (QED) is 0.932. The summed E-state index contributed by atoms with van der Waals surface area (Å²) in [6.45, 7) is -1.44. The highest BCUT2D eigenvalue weighted by atomic mass is 35.5. The summed E-state index contributed by atoms with van der Waals surface area (Å²) < 4.78 is 37.1. The van der Waals surface area contributed by atoms with E-state index in [0.717, 1.165) is 25.7 Å². The highest BCUT2D eigenvalue weighted by molar-refractivity contribution is 6.32. The van der Waals surface area contributed by atoms with Crippen LogP contribution >= 0.6 is 11.6 Å². The Labute approximate surface area is 118 Å². The van der Waals surface area contributed by atoms with E-state index in [1.807, 2.05) is 0 Å². The van der Waals surface area contributed by atoms with E-state index in [4.69, 9.17) is 11.6 Å². The first-order valence-corrected chi connectivity index (χ1v) is 6.83. The lowest BCUT2D eigenvalue weighted by Crippen LogP contribution is -2.32. The number of hydrogen-bond donors (Lipinski definition) is 1. The van der Waals surface area contributed by atoms with Crippen LogP contribution in [0.5, 0.6) is 0 Å². The monoisotopic (exact) mass is 309 g/mol. The van der Waals surface area contributed by atoms with Gasteiger partial charge in [0.2, 0.25) is 0 Å². The molecular weight excluding hydrogens is 295 g/mol. The van der Waals surface area contributed by atoms with E-state index in [2.05, 4.69) is 10.4 Å². The highest BCUT2D eigenvalue weighted by Crippen LogP contribution is 2.24. The number of alkyl halides is 3. The Morgan fingerprint density at radius 3 is 2.60 bits per heavy atom.